The number of hydrogen-bond donors (Lipinski definition) is 1. The fourth-order valence-electron chi connectivity index (χ4n) is 1.79. The zero-order valence-electron chi connectivity index (χ0n) is 11.1. The molecule has 1 amide bonds. The van der Waals surface area contributed by atoms with Crippen molar-refractivity contribution in [2.75, 3.05) is 5.32 Å². The van der Waals surface area contributed by atoms with Gasteiger partial charge < -0.3 is 4.42 Å². The van der Waals surface area contributed by atoms with Crippen molar-refractivity contribution in [3.05, 3.63) is 64.9 Å². The van der Waals surface area contributed by atoms with E-state index in [1.54, 1.807) is 24.3 Å². The molecule has 0 atom stereocenters. The van der Waals surface area contributed by atoms with E-state index in [0.717, 1.165) is 0 Å². The Balaban J connectivity index is 1.78. The normalized spacial score (nSPS) is 10.5. The summed E-state index contributed by atoms with van der Waals surface area (Å²) in [5.41, 5.74) is 0.845. The molecule has 5 nitrogen and oxygen atoms in total. The molecule has 3 rings (SSSR count). The summed E-state index contributed by atoms with van der Waals surface area (Å²) in [5.74, 6) is -0.704. The van der Waals surface area contributed by atoms with Crippen LogP contribution in [-0.4, -0.2) is 16.1 Å². The second kappa shape index (κ2) is 5.95. The number of carbonyl (C=O) groups is 1. The van der Waals surface area contributed by atoms with E-state index < -0.39 is 11.7 Å². The summed E-state index contributed by atoms with van der Waals surface area (Å²) in [6.07, 6.45) is 0. The van der Waals surface area contributed by atoms with Crippen LogP contribution in [0.5, 0.6) is 0 Å². The van der Waals surface area contributed by atoms with Crippen LogP contribution in [0.2, 0.25) is 5.02 Å². The van der Waals surface area contributed by atoms with Gasteiger partial charge in [0.05, 0.1) is 10.6 Å². The number of anilines is 1. The van der Waals surface area contributed by atoms with Crippen molar-refractivity contribution in [1.29, 1.82) is 0 Å². The third kappa shape index (κ3) is 2.96. The molecule has 0 unspecified atom stereocenters. The molecule has 22 heavy (non-hydrogen) atoms. The number of nitrogens with one attached hydrogen (secondary N) is 1. The molecule has 0 aliphatic rings. The van der Waals surface area contributed by atoms with Gasteiger partial charge in [-0.2, -0.15) is 0 Å². The predicted octanol–water partition coefficient (Wildman–Crippen LogP) is 3.78. The highest BCUT2D eigenvalue weighted by Crippen LogP contribution is 2.27. The lowest BCUT2D eigenvalue weighted by Gasteiger charge is -2.00. The number of hydrogen-bond acceptors (Lipinski definition) is 4. The largest absolute Gasteiger partial charge is 0.403 e. The third-order valence-electron chi connectivity index (χ3n) is 2.86. The van der Waals surface area contributed by atoms with Gasteiger partial charge in [-0.3, -0.25) is 10.1 Å². The summed E-state index contributed by atoms with van der Waals surface area (Å²) in [6, 6.07) is 12.0. The fraction of sp³-hybridized carbons (Fsp3) is 0. The lowest BCUT2D eigenvalue weighted by Crippen LogP contribution is -2.12. The molecule has 1 aromatic heterocycles. The minimum Gasteiger partial charge on any atom is -0.403 e. The Morgan fingerprint density at radius 3 is 2.55 bits per heavy atom. The van der Waals surface area contributed by atoms with Crippen LogP contribution in [0.25, 0.3) is 11.5 Å². The van der Waals surface area contributed by atoms with Gasteiger partial charge in [0.1, 0.15) is 5.82 Å². The standard InChI is InChI=1S/C15H9ClFN3O2/c16-12-4-2-1-3-11(12)14-19-20-15(22-14)18-13(21)9-5-7-10(17)8-6-9/h1-8H,(H,18,20,21). The Bertz CT molecular complexity index is 818. The van der Waals surface area contributed by atoms with E-state index in [0.29, 0.717) is 10.6 Å². The maximum atomic E-state index is 12.8. The van der Waals surface area contributed by atoms with Gasteiger partial charge >= 0.3 is 6.01 Å². The second-order valence-electron chi connectivity index (χ2n) is 4.35. The monoisotopic (exact) mass is 317 g/mol. The molecule has 0 spiro atoms. The van der Waals surface area contributed by atoms with E-state index in [4.69, 9.17) is 16.0 Å². The summed E-state index contributed by atoms with van der Waals surface area (Å²) in [7, 11) is 0. The zero-order valence-corrected chi connectivity index (χ0v) is 11.8. The molecule has 0 saturated carbocycles. The first kappa shape index (κ1) is 14.2. The minimum atomic E-state index is -0.477. The van der Waals surface area contributed by atoms with Crippen LogP contribution < -0.4 is 5.32 Å². The second-order valence-corrected chi connectivity index (χ2v) is 4.76. The average Bonchev–Trinajstić information content (AvgIpc) is 2.96. The summed E-state index contributed by atoms with van der Waals surface area (Å²) >= 11 is 6.03. The van der Waals surface area contributed by atoms with E-state index in [1.807, 2.05) is 0 Å². The zero-order chi connectivity index (χ0) is 15.5. The quantitative estimate of drug-likeness (QED) is 0.798. The van der Waals surface area contributed by atoms with Crippen molar-refractivity contribution >= 4 is 23.5 Å². The Kier molecular flexibility index (Phi) is 3.84. The van der Waals surface area contributed by atoms with Gasteiger partial charge in [0.25, 0.3) is 11.8 Å². The summed E-state index contributed by atoms with van der Waals surface area (Å²) in [6.45, 7) is 0. The van der Waals surface area contributed by atoms with Crippen molar-refractivity contribution < 1.29 is 13.6 Å². The predicted molar refractivity (Wildman–Crippen MR) is 79.1 cm³/mol. The molecule has 1 heterocycles. The van der Waals surface area contributed by atoms with Gasteiger partial charge in [0.15, 0.2) is 0 Å². The highest BCUT2D eigenvalue weighted by atomic mass is 35.5. The number of rotatable bonds is 3. The molecule has 7 heteroatoms. The topological polar surface area (TPSA) is 68.0 Å². The fourth-order valence-corrected chi connectivity index (χ4v) is 2.00. The van der Waals surface area contributed by atoms with Crippen LogP contribution in [0.3, 0.4) is 0 Å². The number of benzene rings is 2. The van der Waals surface area contributed by atoms with Gasteiger partial charge in [0.2, 0.25) is 0 Å². The Labute approximate surface area is 129 Å². The van der Waals surface area contributed by atoms with Crippen molar-refractivity contribution in [2.24, 2.45) is 0 Å². The molecule has 0 aliphatic carbocycles. The maximum Gasteiger partial charge on any atom is 0.322 e. The van der Waals surface area contributed by atoms with E-state index in [9.17, 15) is 9.18 Å². The van der Waals surface area contributed by atoms with Gasteiger partial charge in [0, 0.05) is 5.56 Å². The molecule has 0 bridgehead atoms. The Hall–Kier alpha value is -2.73. The van der Waals surface area contributed by atoms with Crippen LogP contribution in [0, 0.1) is 5.82 Å². The summed E-state index contributed by atoms with van der Waals surface area (Å²) in [4.78, 5) is 12.0. The van der Waals surface area contributed by atoms with Gasteiger partial charge in [-0.1, -0.05) is 28.8 Å². The van der Waals surface area contributed by atoms with E-state index in [1.165, 1.54) is 24.3 Å². The van der Waals surface area contributed by atoms with Crippen LogP contribution in [0.15, 0.2) is 52.9 Å². The Morgan fingerprint density at radius 1 is 1.09 bits per heavy atom. The van der Waals surface area contributed by atoms with Gasteiger partial charge in [-0.05, 0) is 36.4 Å². The smallest absolute Gasteiger partial charge is 0.322 e. The number of nitrogens with zero attached hydrogens (tertiary/aromatic N) is 2. The van der Waals surface area contributed by atoms with Gasteiger partial charge in [-0.15, -0.1) is 5.10 Å². The highest BCUT2D eigenvalue weighted by molar-refractivity contribution is 6.33. The van der Waals surface area contributed by atoms with E-state index in [2.05, 4.69) is 15.5 Å². The SMILES string of the molecule is O=C(Nc1nnc(-c2ccccc2Cl)o1)c1ccc(F)cc1. The third-order valence-corrected chi connectivity index (χ3v) is 3.19. The van der Waals surface area contributed by atoms with Crippen molar-refractivity contribution in [1.82, 2.24) is 10.2 Å². The van der Waals surface area contributed by atoms with Crippen LogP contribution in [0.4, 0.5) is 10.4 Å². The average molecular weight is 318 g/mol. The lowest BCUT2D eigenvalue weighted by molar-refractivity contribution is 0.102. The molecular weight excluding hydrogens is 309 g/mol. The molecule has 3 aromatic rings. The Morgan fingerprint density at radius 2 is 1.82 bits per heavy atom. The summed E-state index contributed by atoms with van der Waals surface area (Å²) < 4.78 is 18.2. The van der Waals surface area contributed by atoms with Crippen molar-refractivity contribution in [3.8, 4) is 11.5 Å². The molecular formula is C15H9ClFN3O2. The lowest BCUT2D eigenvalue weighted by atomic mass is 10.2. The first-order chi connectivity index (χ1) is 10.6. The molecule has 0 radical (unpaired) electrons. The molecule has 2 aromatic carbocycles. The number of halogens is 2. The number of aromatic nitrogens is 2. The molecule has 0 fully saturated rings. The first-order valence-corrected chi connectivity index (χ1v) is 6.66. The molecule has 110 valence electrons. The number of amides is 1. The van der Waals surface area contributed by atoms with Crippen molar-refractivity contribution in [3.63, 3.8) is 0 Å². The van der Waals surface area contributed by atoms with Crippen LogP contribution >= 0.6 is 11.6 Å². The van der Waals surface area contributed by atoms with E-state index >= 15 is 0 Å². The molecule has 0 aliphatic heterocycles. The number of carbonyl (C=O) groups excluding carboxylic acids is 1. The van der Waals surface area contributed by atoms with Crippen molar-refractivity contribution in [2.45, 2.75) is 0 Å². The highest BCUT2D eigenvalue weighted by Gasteiger charge is 2.14. The molecule has 1 N–H and O–H groups in total. The minimum absolute atomic E-state index is 0.0655. The molecule has 0 saturated heterocycles. The first-order valence-electron chi connectivity index (χ1n) is 6.29. The van der Waals surface area contributed by atoms with Crippen LogP contribution in [-0.2, 0) is 0 Å². The summed E-state index contributed by atoms with van der Waals surface area (Å²) in [5, 5.41) is 10.5. The maximum absolute atomic E-state index is 12.8. The van der Waals surface area contributed by atoms with Crippen LogP contribution in [0.1, 0.15) is 10.4 Å². The van der Waals surface area contributed by atoms with Gasteiger partial charge in [-0.25, -0.2) is 4.39 Å². The van der Waals surface area contributed by atoms with E-state index in [-0.39, 0.29) is 17.5 Å².